The van der Waals surface area contributed by atoms with Crippen molar-refractivity contribution >= 4 is 11.7 Å². The molecule has 2 atom stereocenters. The van der Waals surface area contributed by atoms with E-state index in [0.29, 0.717) is 25.2 Å². The fourth-order valence-electron chi connectivity index (χ4n) is 3.72. The van der Waals surface area contributed by atoms with Crippen molar-refractivity contribution in [2.75, 3.05) is 13.2 Å². The average Bonchev–Trinajstić information content (AvgIpc) is 2.71. The summed E-state index contributed by atoms with van der Waals surface area (Å²) in [6.45, 7) is 0.932. The van der Waals surface area contributed by atoms with E-state index in [1.54, 1.807) is 17.0 Å². The first-order valence-electron chi connectivity index (χ1n) is 9.13. The van der Waals surface area contributed by atoms with Crippen LogP contribution < -0.4 is 0 Å². The van der Waals surface area contributed by atoms with Gasteiger partial charge in [-0.25, -0.2) is 9.18 Å². The topological polar surface area (TPSA) is 62.6 Å². The van der Waals surface area contributed by atoms with Crippen LogP contribution in [0.25, 0.3) is 5.57 Å². The molecule has 0 N–H and O–H groups in total. The first-order chi connectivity index (χ1) is 13.7. The Balaban J connectivity index is 1.53. The van der Waals surface area contributed by atoms with Gasteiger partial charge in [0.2, 0.25) is 0 Å². The van der Waals surface area contributed by atoms with Gasteiger partial charge in [0.05, 0.1) is 36.9 Å². The number of amides is 1. The second-order valence-electron chi connectivity index (χ2n) is 6.91. The standard InChI is InChI=1S/C22H19FN2O3/c23-21-8-16(11-24)6-7-20(21)17-9-18-13-27-14-19(10-17)25(18)22(26)28-12-15-4-2-1-3-5-15/h1-9,18-19H,10,12-14H2. The molecule has 2 aliphatic rings. The van der Waals surface area contributed by atoms with Crippen LogP contribution >= 0.6 is 0 Å². The molecule has 0 radical (unpaired) electrons. The van der Waals surface area contributed by atoms with Gasteiger partial charge in [0.25, 0.3) is 0 Å². The molecule has 2 bridgehead atoms. The van der Waals surface area contributed by atoms with Gasteiger partial charge in [-0.15, -0.1) is 0 Å². The van der Waals surface area contributed by atoms with Crippen LogP contribution in [0, 0.1) is 17.1 Å². The van der Waals surface area contributed by atoms with Gasteiger partial charge in [-0.1, -0.05) is 42.5 Å². The van der Waals surface area contributed by atoms with E-state index in [2.05, 4.69) is 0 Å². The summed E-state index contributed by atoms with van der Waals surface area (Å²) in [5, 5.41) is 8.92. The molecule has 4 rings (SSSR count). The molecular weight excluding hydrogens is 359 g/mol. The highest BCUT2D eigenvalue weighted by molar-refractivity contribution is 5.75. The Labute approximate surface area is 162 Å². The molecule has 0 aromatic heterocycles. The SMILES string of the molecule is N#Cc1ccc(C2=CC3COCC(C2)N3C(=O)OCc2ccccc2)c(F)c1. The van der Waals surface area contributed by atoms with Gasteiger partial charge in [0.1, 0.15) is 12.4 Å². The third kappa shape index (κ3) is 3.62. The van der Waals surface area contributed by atoms with Gasteiger partial charge in [0.15, 0.2) is 0 Å². The van der Waals surface area contributed by atoms with Gasteiger partial charge in [-0.05, 0) is 29.7 Å². The van der Waals surface area contributed by atoms with E-state index in [1.807, 2.05) is 42.5 Å². The lowest BCUT2D eigenvalue weighted by molar-refractivity contribution is -0.0342. The molecule has 1 saturated heterocycles. The zero-order valence-corrected chi connectivity index (χ0v) is 15.2. The number of ether oxygens (including phenoxy) is 2. The molecule has 1 fully saturated rings. The smallest absolute Gasteiger partial charge is 0.411 e. The lowest BCUT2D eigenvalue weighted by Gasteiger charge is -2.43. The van der Waals surface area contributed by atoms with E-state index in [9.17, 15) is 9.18 Å². The summed E-state index contributed by atoms with van der Waals surface area (Å²) in [6, 6.07) is 15.4. The summed E-state index contributed by atoms with van der Waals surface area (Å²) >= 11 is 0. The van der Waals surface area contributed by atoms with E-state index >= 15 is 0 Å². The normalized spacial score (nSPS) is 20.9. The first kappa shape index (κ1) is 18.2. The number of nitriles is 1. The Kier molecular flexibility index (Phi) is 5.09. The maximum absolute atomic E-state index is 14.4. The number of hydrogen-bond acceptors (Lipinski definition) is 4. The highest BCUT2D eigenvalue weighted by Crippen LogP contribution is 2.34. The monoisotopic (exact) mass is 378 g/mol. The number of carbonyl (C=O) groups is 1. The number of rotatable bonds is 3. The Morgan fingerprint density at radius 2 is 2.07 bits per heavy atom. The fourth-order valence-corrected chi connectivity index (χ4v) is 3.72. The van der Waals surface area contributed by atoms with E-state index in [1.165, 1.54) is 6.07 Å². The van der Waals surface area contributed by atoms with Crippen LogP contribution in [0.3, 0.4) is 0 Å². The minimum absolute atomic E-state index is 0.206. The van der Waals surface area contributed by atoms with Gasteiger partial charge in [0, 0.05) is 5.56 Å². The zero-order chi connectivity index (χ0) is 19.5. The summed E-state index contributed by atoms with van der Waals surface area (Å²) in [6.07, 6.45) is 1.95. The van der Waals surface area contributed by atoms with Crippen LogP contribution in [0.4, 0.5) is 9.18 Å². The molecule has 6 heteroatoms. The van der Waals surface area contributed by atoms with Crippen LogP contribution in [-0.4, -0.2) is 36.3 Å². The third-order valence-electron chi connectivity index (χ3n) is 5.06. The lowest BCUT2D eigenvalue weighted by Crippen LogP contribution is -2.56. The molecule has 0 spiro atoms. The third-order valence-corrected chi connectivity index (χ3v) is 5.06. The van der Waals surface area contributed by atoms with Crippen LogP contribution in [0.15, 0.2) is 54.6 Å². The highest BCUT2D eigenvalue weighted by Gasteiger charge is 2.39. The van der Waals surface area contributed by atoms with Crippen molar-refractivity contribution in [3.63, 3.8) is 0 Å². The van der Waals surface area contributed by atoms with Crippen molar-refractivity contribution in [2.24, 2.45) is 0 Å². The van der Waals surface area contributed by atoms with Gasteiger partial charge in [-0.3, -0.25) is 4.90 Å². The lowest BCUT2D eigenvalue weighted by atomic mass is 9.89. The summed E-state index contributed by atoms with van der Waals surface area (Å²) in [4.78, 5) is 14.4. The molecule has 5 nitrogen and oxygen atoms in total. The molecule has 2 aromatic rings. The number of halogens is 1. The Bertz CT molecular complexity index is 952. The number of fused-ring (bicyclic) bond motifs is 2. The summed E-state index contributed by atoms with van der Waals surface area (Å²) < 4.78 is 25.5. The summed E-state index contributed by atoms with van der Waals surface area (Å²) in [5.41, 5.74) is 2.50. The summed E-state index contributed by atoms with van der Waals surface area (Å²) in [7, 11) is 0. The van der Waals surface area contributed by atoms with Crippen LogP contribution in [0.5, 0.6) is 0 Å². The molecule has 142 valence electrons. The second kappa shape index (κ2) is 7.83. The maximum atomic E-state index is 14.4. The van der Waals surface area contributed by atoms with Gasteiger partial charge < -0.3 is 9.47 Å². The largest absolute Gasteiger partial charge is 0.445 e. The van der Waals surface area contributed by atoms with E-state index < -0.39 is 11.9 Å². The predicted molar refractivity (Wildman–Crippen MR) is 101 cm³/mol. The number of carbonyl (C=O) groups excluding carboxylic acids is 1. The Hall–Kier alpha value is -3.17. The quantitative estimate of drug-likeness (QED) is 0.813. The van der Waals surface area contributed by atoms with Crippen molar-refractivity contribution in [1.82, 2.24) is 4.90 Å². The molecule has 0 aliphatic carbocycles. The number of nitrogens with zero attached hydrogens (tertiary/aromatic N) is 2. The van der Waals surface area contributed by atoms with Crippen molar-refractivity contribution in [3.8, 4) is 6.07 Å². The molecule has 2 heterocycles. The van der Waals surface area contributed by atoms with Gasteiger partial charge in [-0.2, -0.15) is 5.26 Å². The number of morpholine rings is 1. The van der Waals surface area contributed by atoms with Crippen molar-refractivity contribution in [1.29, 1.82) is 5.26 Å². The molecule has 1 amide bonds. The van der Waals surface area contributed by atoms with E-state index in [0.717, 1.165) is 11.1 Å². The fraction of sp³-hybridized carbons (Fsp3) is 0.273. The van der Waals surface area contributed by atoms with Gasteiger partial charge >= 0.3 is 6.09 Å². The van der Waals surface area contributed by atoms with Crippen molar-refractivity contribution in [3.05, 3.63) is 77.1 Å². The van der Waals surface area contributed by atoms with Crippen molar-refractivity contribution < 1.29 is 18.7 Å². The highest BCUT2D eigenvalue weighted by atomic mass is 19.1. The van der Waals surface area contributed by atoms with E-state index in [4.69, 9.17) is 14.7 Å². The Morgan fingerprint density at radius 1 is 1.25 bits per heavy atom. The van der Waals surface area contributed by atoms with Crippen LogP contribution in [0.1, 0.15) is 23.1 Å². The molecular formula is C22H19FN2O3. The average molecular weight is 378 g/mol. The van der Waals surface area contributed by atoms with Crippen LogP contribution in [-0.2, 0) is 16.1 Å². The maximum Gasteiger partial charge on any atom is 0.411 e. The molecule has 2 unspecified atom stereocenters. The van der Waals surface area contributed by atoms with Crippen molar-refractivity contribution in [2.45, 2.75) is 25.1 Å². The van der Waals surface area contributed by atoms with E-state index in [-0.39, 0.29) is 24.3 Å². The molecule has 2 aromatic carbocycles. The molecule has 2 aliphatic heterocycles. The molecule has 28 heavy (non-hydrogen) atoms. The predicted octanol–water partition coefficient (Wildman–Crippen LogP) is 3.89. The minimum atomic E-state index is -0.426. The second-order valence-corrected chi connectivity index (χ2v) is 6.91. The minimum Gasteiger partial charge on any atom is -0.445 e. The number of hydrogen-bond donors (Lipinski definition) is 0. The van der Waals surface area contributed by atoms with Crippen LogP contribution in [0.2, 0.25) is 0 Å². The Morgan fingerprint density at radius 3 is 2.79 bits per heavy atom. The molecule has 0 saturated carbocycles. The summed E-state index contributed by atoms with van der Waals surface area (Å²) in [5.74, 6) is -0.426. The zero-order valence-electron chi connectivity index (χ0n) is 15.2. The first-order valence-corrected chi connectivity index (χ1v) is 9.13. The number of benzene rings is 2.